The van der Waals surface area contributed by atoms with Gasteiger partial charge in [-0.1, -0.05) is 0 Å². The molecule has 0 unspecified atom stereocenters. The van der Waals surface area contributed by atoms with Gasteiger partial charge in [0.2, 0.25) is 0 Å². The number of nitrogens with one attached hydrogen (secondary N) is 2. The number of morpholine rings is 1. The highest BCUT2D eigenvalue weighted by atomic mass is 19.1. The standard InChI is InChI=1S/C17H26FN3O3/c1-12-10-21(11-13(2)24-12)16-6-5-14(9-15(16)18)20-17(22)19-7-4-8-23-3/h5-6,9,12-13H,4,7-8,10-11H2,1-3H3,(H2,19,20,22)/t12-,13+. The van der Waals surface area contributed by atoms with Crippen LogP contribution in [0.5, 0.6) is 0 Å². The van der Waals surface area contributed by atoms with Crippen molar-refractivity contribution in [2.45, 2.75) is 32.5 Å². The first-order chi connectivity index (χ1) is 11.5. The van der Waals surface area contributed by atoms with E-state index in [0.29, 0.717) is 37.6 Å². The van der Waals surface area contributed by atoms with E-state index >= 15 is 0 Å². The van der Waals surface area contributed by atoms with Crippen LogP contribution in [0.2, 0.25) is 0 Å². The molecule has 2 amide bonds. The van der Waals surface area contributed by atoms with Crippen LogP contribution in [0.1, 0.15) is 20.3 Å². The lowest BCUT2D eigenvalue weighted by Crippen LogP contribution is -2.45. The van der Waals surface area contributed by atoms with Crippen LogP contribution >= 0.6 is 0 Å². The van der Waals surface area contributed by atoms with Gasteiger partial charge in [0.1, 0.15) is 5.82 Å². The number of anilines is 2. The summed E-state index contributed by atoms with van der Waals surface area (Å²) in [5, 5.41) is 5.33. The van der Waals surface area contributed by atoms with Crippen molar-refractivity contribution in [1.82, 2.24) is 5.32 Å². The van der Waals surface area contributed by atoms with Crippen LogP contribution in [0.3, 0.4) is 0 Å². The second-order valence-electron chi connectivity index (χ2n) is 6.06. The normalized spacial score (nSPS) is 20.8. The van der Waals surface area contributed by atoms with Crippen LogP contribution in [0.25, 0.3) is 0 Å². The Balaban J connectivity index is 1.93. The molecule has 134 valence electrons. The minimum Gasteiger partial charge on any atom is -0.385 e. The summed E-state index contributed by atoms with van der Waals surface area (Å²) in [6, 6.07) is 4.39. The van der Waals surface area contributed by atoms with Gasteiger partial charge in [-0.15, -0.1) is 0 Å². The van der Waals surface area contributed by atoms with E-state index in [0.717, 1.165) is 6.42 Å². The number of urea groups is 1. The topological polar surface area (TPSA) is 62.8 Å². The van der Waals surface area contributed by atoms with E-state index in [4.69, 9.17) is 9.47 Å². The predicted molar refractivity (Wildman–Crippen MR) is 92.1 cm³/mol. The fourth-order valence-electron chi connectivity index (χ4n) is 2.81. The lowest BCUT2D eigenvalue weighted by molar-refractivity contribution is -0.00539. The number of carbonyl (C=O) groups excluding carboxylic acids is 1. The summed E-state index contributed by atoms with van der Waals surface area (Å²) in [5.41, 5.74) is 0.956. The Kier molecular flexibility index (Phi) is 6.81. The van der Waals surface area contributed by atoms with E-state index in [1.54, 1.807) is 19.2 Å². The highest BCUT2D eigenvalue weighted by molar-refractivity contribution is 5.89. The first-order valence-electron chi connectivity index (χ1n) is 8.23. The maximum atomic E-state index is 14.4. The van der Waals surface area contributed by atoms with Gasteiger partial charge in [-0.25, -0.2) is 9.18 Å². The Morgan fingerprint density at radius 2 is 2.08 bits per heavy atom. The minimum absolute atomic E-state index is 0.0591. The molecule has 2 rings (SSSR count). The van der Waals surface area contributed by atoms with Gasteiger partial charge in [0.05, 0.1) is 17.9 Å². The molecule has 1 aromatic rings. The van der Waals surface area contributed by atoms with Crippen LogP contribution in [0.4, 0.5) is 20.6 Å². The zero-order valence-corrected chi connectivity index (χ0v) is 14.5. The number of methoxy groups -OCH3 is 1. The Labute approximate surface area is 142 Å². The summed E-state index contributed by atoms with van der Waals surface area (Å²) in [7, 11) is 1.61. The molecule has 1 aliphatic heterocycles. The van der Waals surface area contributed by atoms with Gasteiger partial charge in [-0.3, -0.25) is 0 Å². The molecule has 0 spiro atoms. The first-order valence-corrected chi connectivity index (χ1v) is 8.23. The number of amides is 2. The molecule has 2 atom stereocenters. The molecule has 1 aliphatic rings. The highest BCUT2D eigenvalue weighted by Crippen LogP contribution is 2.26. The molecule has 0 aromatic heterocycles. The van der Waals surface area contributed by atoms with Gasteiger partial charge in [0, 0.05) is 39.0 Å². The van der Waals surface area contributed by atoms with E-state index in [9.17, 15) is 9.18 Å². The Morgan fingerprint density at radius 3 is 2.71 bits per heavy atom. The predicted octanol–water partition coefficient (Wildman–Crippen LogP) is 2.60. The monoisotopic (exact) mass is 339 g/mol. The second kappa shape index (κ2) is 8.84. The van der Waals surface area contributed by atoms with E-state index < -0.39 is 0 Å². The van der Waals surface area contributed by atoms with E-state index in [2.05, 4.69) is 10.6 Å². The molecule has 1 aromatic carbocycles. The fraction of sp³-hybridized carbons (Fsp3) is 0.588. The van der Waals surface area contributed by atoms with Crippen molar-refractivity contribution in [3.63, 3.8) is 0 Å². The Hall–Kier alpha value is -1.86. The number of halogens is 1. The van der Waals surface area contributed by atoms with Gasteiger partial charge in [0.15, 0.2) is 0 Å². The van der Waals surface area contributed by atoms with Crippen LogP contribution in [0, 0.1) is 5.82 Å². The van der Waals surface area contributed by atoms with Crippen LogP contribution in [-0.4, -0.2) is 51.6 Å². The molecule has 1 saturated heterocycles. The number of nitrogens with zero attached hydrogens (tertiary/aromatic N) is 1. The third-order valence-corrected chi connectivity index (χ3v) is 3.78. The zero-order chi connectivity index (χ0) is 17.5. The summed E-state index contributed by atoms with van der Waals surface area (Å²) in [5.74, 6) is -0.353. The highest BCUT2D eigenvalue weighted by Gasteiger charge is 2.24. The van der Waals surface area contributed by atoms with Gasteiger partial charge in [0.25, 0.3) is 0 Å². The van der Waals surface area contributed by atoms with Crippen molar-refractivity contribution < 1.29 is 18.7 Å². The van der Waals surface area contributed by atoms with Crippen molar-refractivity contribution in [2.24, 2.45) is 0 Å². The van der Waals surface area contributed by atoms with Crippen LogP contribution in [-0.2, 0) is 9.47 Å². The smallest absolute Gasteiger partial charge is 0.319 e. The largest absolute Gasteiger partial charge is 0.385 e. The summed E-state index contributed by atoms with van der Waals surface area (Å²) < 4.78 is 25.0. The third kappa shape index (κ3) is 5.35. The summed E-state index contributed by atoms with van der Waals surface area (Å²) >= 11 is 0. The molecule has 0 radical (unpaired) electrons. The maximum Gasteiger partial charge on any atom is 0.319 e. The van der Waals surface area contributed by atoms with Gasteiger partial charge in [-0.2, -0.15) is 0 Å². The summed E-state index contributed by atoms with van der Waals surface area (Å²) in [6.45, 7) is 6.33. The minimum atomic E-state index is -0.355. The number of hydrogen-bond donors (Lipinski definition) is 2. The molecule has 24 heavy (non-hydrogen) atoms. The average Bonchev–Trinajstić information content (AvgIpc) is 2.50. The second-order valence-corrected chi connectivity index (χ2v) is 6.06. The molecule has 7 heteroatoms. The molecule has 6 nitrogen and oxygen atoms in total. The SMILES string of the molecule is COCCCNC(=O)Nc1ccc(N2C[C@@H](C)O[C@@H](C)C2)c(F)c1. The van der Waals surface area contributed by atoms with Crippen molar-refractivity contribution >= 4 is 17.4 Å². The Bertz CT molecular complexity index is 546. The van der Waals surface area contributed by atoms with Crippen molar-refractivity contribution in [1.29, 1.82) is 0 Å². The van der Waals surface area contributed by atoms with Crippen LogP contribution < -0.4 is 15.5 Å². The summed E-state index contributed by atoms with van der Waals surface area (Å²) in [6.07, 6.45) is 0.845. The number of ether oxygens (including phenoxy) is 2. The van der Waals surface area contributed by atoms with Crippen LogP contribution in [0.15, 0.2) is 18.2 Å². The summed E-state index contributed by atoms with van der Waals surface area (Å²) in [4.78, 5) is 13.7. The zero-order valence-electron chi connectivity index (χ0n) is 14.5. The number of hydrogen-bond acceptors (Lipinski definition) is 4. The molecule has 1 fully saturated rings. The first kappa shape index (κ1) is 18.5. The quantitative estimate of drug-likeness (QED) is 0.782. The lowest BCUT2D eigenvalue weighted by atomic mass is 10.2. The average molecular weight is 339 g/mol. The van der Waals surface area contributed by atoms with E-state index in [1.807, 2.05) is 18.7 Å². The number of benzene rings is 1. The number of rotatable bonds is 6. The van der Waals surface area contributed by atoms with Crippen molar-refractivity contribution in [2.75, 3.05) is 43.6 Å². The molecule has 0 saturated carbocycles. The molecular formula is C17H26FN3O3. The lowest BCUT2D eigenvalue weighted by Gasteiger charge is -2.37. The molecule has 2 N–H and O–H groups in total. The van der Waals surface area contributed by atoms with Gasteiger partial charge in [-0.05, 0) is 38.5 Å². The number of carbonyl (C=O) groups is 1. The molecule has 0 aliphatic carbocycles. The third-order valence-electron chi connectivity index (χ3n) is 3.78. The van der Waals surface area contributed by atoms with E-state index in [1.165, 1.54) is 6.07 Å². The van der Waals surface area contributed by atoms with Gasteiger partial charge >= 0.3 is 6.03 Å². The van der Waals surface area contributed by atoms with Crippen molar-refractivity contribution in [3.05, 3.63) is 24.0 Å². The maximum absolute atomic E-state index is 14.4. The molecule has 0 bridgehead atoms. The molecular weight excluding hydrogens is 313 g/mol. The van der Waals surface area contributed by atoms with E-state index in [-0.39, 0.29) is 24.1 Å². The molecule has 1 heterocycles. The van der Waals surface area contributed by atoms with Gasteiger partial charge < -0.3 is 25.0 Å². The Morgan fingerprint density at radius 1 is 1.38 bits per heavy atom. The van der Waals surface area contributed by atoms with Crippen molar-refractivity contribution in [3.8, 4) is 0 Å². The fourth-order valence-corrected chi connectivity index (χ4v) is 2.81.